The van der Waals surface area contributed by atoms with Gasteiger partial charge in [0, 0.05) is 38.2 Å². The fourth-order valence-electron chi connectivity index (χ4n) is 4.76. The number of imide groups is 1. The summed E-state index contributed by atoms with van der Waals surface area (Å²) in [5, 5.41) is 66.7. The van der Waals surface area contributed by atoms with Crippen molar-refractivity contribution < 1.29 is 54.2 Å². The Hall–Kier alpha value is -4.50. The third-order valence-corrected chi connectivity index (χ3v) is 6.96. The first kappa shape index (κ1) is 32.0. The van der Waals surface area contributed by atoms with Gasteiger partial charge >= 0.3 is 0 Å². The fraction of sp³-hybridized carbons (Fsp3) is 0.444. The Balaban J connectivity index is 0.00000237. The van der Waals surface area contributed by atoms with Gasteiger partial charge in [-0.2, -0.15) is 0 Å². The maximum atomic E-state index is 15.1. The Kier molecular flexibility index (Phi) is 10.2. The number of piperidine rings is 1. The number of carbonyl (C=O) groups excluding carboxylic acids is 3. The molecule has 14 nitrogen and oxygen atoms in total. The van der Waals surface area contributed by atoms with Crippen LogP contribution < -0.4 is 10.6 Å². The maximum absolute atomic E-state index is 15.1. The van der Waals surface area contributed by atoms with Crippen molar-refractivity contribution in [3.8, 4) is 17.2 Å². The van der Waals surface area contributed by atoms with Gasteiger partial charge in [0.15, 0.2) is 40.5 Å². The number of hydrogen-bond acceptors (Lipinski definition) is 12. The van der Waals surface area contributed by atoms with Crippen molar-refractivity contribution in [3.05, 3.63) is 52.1 Å². The number of carbonyl (C=O) groups is 3. The first-order valence-corrected chi connectivity index (χ1v) is 13.3. The van der Waals surface area contributed by atoms with Crippen molar-refractivity contribution in [2.75, 3.05) is 32.8 Å². The molecule has 42 heavy (non-hydrogen) atoms. The van der Waals surface area contributed by atoms with Crippen molar-refractivity contribution in [3.63, 3.8) is 0 Å². The Bertz CT molecular complexity index is 1310. The summed E-state index contributed by atoms with van der Waals surface area (Å²) in [6.07, 6.45) is -0.0886. The zero-order valence-electron chi connectivity index (χ0n) is 23.2. The van der Waals surface area contributed by atoms with E-state index in [9.17, 15) is 45.0 Å². The van der Waals surface area contributed by atoms with Gasteiger partial charge in [-0.25, -0.2) is 4.39 Å². The molecule has 1 aromatic carbocycles. The van der Waals surface area contributed by atoms with Crippen LogP contribution in [0.4, 0.5) is 4.39 Å². The molecule has 230 valence electrons. The van der Waals surface area contributed by atoms with Gasteiger partial charge in [-0.05, 0) is 6.42 Å². The number of aliphatic hydroxyl groups excluding tert-OH is 3. The number of rotatable bonds is 7. The van der Waals surface area contributed by atoms with Crippen LogP contribution >= 0.6 is 0 Å². The molecule has 3 fully saturated rings. The maximum Gasteiger partial charge on any atom is 0.259 e. The van der Waals surface area contributed by atoms with E-state index in [1.807, 2.05) is 13.8 Å². The van der Waals surface area contributed by atoms with Crippen LogP contribution in [0, 0.1) is 5.82 Å². The van der Waals surface area contributed by atoms with E-state index in [2.05, 4.69) is 17.2 Å². The number of benzene rings is 1. The van der Waals surface area contributed by atoms with Gasteiger partial charge < -0.3 is 45.6 Å². The molecule has 0 bridgehead atoms. The van der Waals surface area contributed by atoms with Crippen molar-refractivity contribution in [2.24, 2.45) is 0 Å². The van der Waals surface area contributed by atoms with Crippen molar-refractivity contribution in [2.45, 2.75) is 45.8 Å². The number of nitrogens with one attached hydrogen (secondary N) is 2. The summed E-state index contributed by atoms with van der Waals surface area (Å²) in [5.41, 5.74) is -1.75. The molecule has 3 heterocycles. The normalized spacial score (nSPS) is 21.8. The summed E-state index contributed by atoms with van der Waals surface area (Å²) in [6.45, 7) is 7.67. The molecule has 1 aromatic rings. The molecule has 0 aromatic heterocycles. The number of phenols is 3. The molecule has 1 unspecified atom stereocenters. The van der Waals surface area contributed by atoms with E-state index in [1.165, 1.54) is 0 Å². The Morgan fingerprint density at radius 2 is 1.67 bits per heavy atom. The molecule has 0 saturated carbocycles. The molecule has 1 atom stereocenters. The highest BCUT2D eigenvalue weighted by Crippen LogP contribution is 2.42. The molecule has 0 radical (unpaired) electrons. The quantitative estimate of drug-likeness (QED) is 0.0735. The molecule has 3 aliphatic rings. The summed E-state index contributed by atoms with van der Waals surface area (Å²) in [6, 6.07) is -1.13. The highest BCUT2D eigenvalue weighted by molar-refractivity contribution is 6.07. The van der Waals surface area contributed by atoms with Gasteiger partial charge in [-0.1, -0.05) is 20.4 Å². The standard InChI is InChI=1S/C25H29FN4O10.C2H6/c1-11(31)19(33)17-13(10-30(25(17)39)15-2-3-16(32)28-24(15)38)23(37)27-8-12-18(26)20(34)14(22(36)21(12)35)9-29-4-6-40-7-5-29;1-2/h15,27,31,33-37H,1-10H2,(H,28,32,38);1-2H3/b19-17-,23-13-;. The average Bonchev–Trinajstić information content (AvgIpc) is 3.31. The minimum absolute atomic E-state index is 0.0274. The number of aliphatic hydroxyl groups is 3. The van der Waals surface area contributed by atoms with Crippen LogP contribution in [0.2, 0.25) is 0 Å². The van der Waals surface area contributed by atoms with Crippen molar-refractivity contribution in [1.29, 1.82) is 0 Å². The lowest BCUT2D eigenvalue weighted by molar-refractivity contribution is -0.142. The van der Waals surface area contributed by atoms with E-state index < -0.39 is 88.5 Å². The Morgan fingerprint density at radius 1 is 1.05 bits per heavy atom. The number of amides is 3. The molecular formula is C27H35FN4O10. The second-order valence-electron chi connectivity index (χ2n) is 9.46. The lowest BCUT2D eigenvalue weighted by atomic mass is 10.0. The molecule has 3 amide bonds. The van der Waals surface area contributed by atoms with Gasteiger partial charge in [-0.3, -0.25) is 24.6 Å². The summed E-state index contributed by atoms with van der Waals surface area (Å²) in [7, 11) is 0. The van der Waals surface area contributed by atoms with E-state index in [-0.39, 0.29) is 30.5 Å². The summed E-state index contributed by atoms with van der Waals surface area (Å²) in [4.78, 5) is 39.7. The van der Waals surface area contributed by atoms with Crippen LogP contribution in [0.15, 0.2) is 35.1 Å². The van der Waals surface area contributed by atoms with Gasteiger partial charge in [-0.15, -0.1) is 0 Å². The number of phenolic OH excluding ortho intramolecular Hbond substituents is 3. The Morgan fingerprint density at radius 3 is 2.26 bits per heavy atom. The van der Waals surface area contributed by atoms with Crippen molar-refractivity contribution in [1.82, 2.24) is 20.4 Å². The molecule has 3 aliphatic heterocycles. The van der Waals surface area contributed by atoms with Crippen molar-refractivity contribution >= 4 is 17.7 Å². The van der Waals surface area contributed by atoms with E-state index >= 15 is 4.39 Å². The van der Waals surface area contributed by atoms with Gasteiger partial charge in [0.2, 0.25) is 11.8 Å². The molecule has 0 spiro atoms. The number of halogens is 1. The zero-order chi connectivity index (χ0) is 31.3. The number of nitrogens with zero attached hydrogens (tertiary/aromatic N) is 2. The van der Waals surface area contributed by atoms with Crippen LogP contribution in [-0.4, -0.2) is 97.1 Å². The third kappa shape index (κ3) is 6.36. The van der Waals surface area contributed by atoms with E-state index in [0.717, 1.165) is 4.90 Å². The first-order chi connectivity index (χ1) is 19.9. The summed E-state index contributed by atoms with van der Waals surface area (Å²) in [5.74, 6) is -8.77. The number of morpholine rings is 1. The SMILES string of the molecule is C=C(O)/C(O)=C1/C(=O)N(C2CCC(=O)NC2=O)C/C1=C(/O)NCc1c(O)c(O)c(CN2CCOCC2)c(O)c1F.CC. The molecule has 3 saturated heterocycles. The third-order valence-electron chi connectivity index (χ3n) is 6.96. The molecule has 4 rings (SSSR count). The zero-order valence-corrected chi connectivity index (χ0v) is 23.2. The predicted molar refractivity (Wildman–Crippen MR) is 145 cm³/mol. The van der Waals surface area contributed by atoms with Crippen LogP contribution in [-0.2, 0) is 32.2 Å². The summed E-state index contributed by atoms with van der Waals surface area (Å²) < 4.78 is 20.3. The summed E-state index contributed by atoms with van der Waals surface area (Å²) >= 11 is 0. The smallest absolute Gasteiger partial charge is 0.259 e. The predicted octanol–water partition coefficient (Wildman–Crippen LogP) is 1.19. The minimum atomic E-state index is -1.26. The van der Waals surface area contributed by atoms with Crippen LogP contribution in [0.1, 0.15) is 37.8 Å². The van der Waals surface area contributed by atoms with Gasteiger partial charge in [0.1, 0.15) is 6.04 Å². The topological polar surface area (TPSA) is 212 Å². The average molecular weight is 595 g/mol. The molecule has 8 N–H and O–H groups in total. The molecular weight excluding hydrogens is 559 g/mol. The van der Waals surface area contributed by atoms with Crippen LogP contribution in [0.25, 0.3) is 0 Å². The number of ether oxygens (including phenoxy) is 1. The number of hydrogen-bond donors (Lipinski definition) is 8. The lowest BCUT2D eigenvalue weighted by Gasteiger charge is -2.28. The van der Waals surface area contributed by atoms with Gasteiger partial charge in [0.25, 0.3) is 5.91 Å². The largest absolute Gasteiger partial charge is 0.505 e. The highest BCUT2D eigenvalue weighted by Gasteiger charge is 2.44. The molecule has 15 heteroatoms. The lowest BCUT2D eigenvalue weighted by Crippen LogP contribution is -2.53. The monoisotopic (exact) mass is 594 g/mol. The van der Waals surface area contributed by atoms with Crippen LogP contribution in [0.5, 0.6) is 17.2 Å². The minimum Gasteiger partial charge on any atom is -0.505 e. The second-order valence-corrected chi connectivity index (χ2v) is 9.46. The second kappa shape index (κ2) is 13.4. The first-order valence-electron chi connectivity index (χ1n) is 13.3. The number of aromatic hydroxyl groups is 3. The Labute approximate surface area is 240 Å². The van der Waals surface area contributed by atoms with E-state index in [0.29, 0.717) is 26.3 Å². The van der Waals surface area contributed by atoms with Gasteiger partial charge in [0.05, 0.1) is 36.5 Å². The highest BCUT2D eigenvalue weighted by atomic mass is 19.1. The van der Waals surface area contributed by atoms with Crippen LogP contribution in [0.3, 0.4) is 0 Å². The number of likely N-dealkylation sites (tertiary alicyclic amines) is 1. The molecule has 0 aliphatic carbocycles. The van der Waals surface area contributed by atoms with E-state index in [1.54, 1.807) is 4.90 Å². The van der Waals surface area contributed by atoms with E-state index in [4.69, 9.17) is 4.74 Å². The fourth-order valence-corrected chi connectivity index (χ4v) is 4.76.